The molecule has 0 bridgehead atoms. The van der Waals surface area contributed by atoms with Crippen LogP contribution in [-0.2, 0) is 10.1 Å². The Hall–Kier alpha value is 0.870. The monoisotopic (exact) mass is 316 g/mol. The van der Waals surface area contributed by atoms with Gasteiger partial charge < -0.3 is 9.66 Å². The van der Waals surface area contributed by atoms with Crippen LogP contribution in [0.3, 0.4) is 0 Å². The summed E-state index contributed by atoms with van der Waals surface area (Å²) in [5.74, 6) is 0. The van der Waals surface area contributed by atoms with Crippen LogP contribution >= 0.6 is 0 Å². The second kappa shape index (κ2) is 13.5. The molecule has 0 aromatic heterocycles. The summed E-state index contributed by atoms with van der Waals surface area (Å²) in [5.41, 5.74) is 0. The summed E-state index contributed by atoms with van der Waals surface area (Å²) >= 11 is 0. The molecule has 6 heteroatoms. The maximum Gasteiger partial charge on any atom is 1.00 e. The Morgan fingerprint density at radius 1 is 0.950 bits per heavy atom. The van der Waals surface area contributed by atoms with Crippen molar-refractivity contribution in [1.82, 2.24) is 0 Å². The molecule has 0 saturated heterocycles. The number of hydrogen-bond acceptors (Lipinski definition) is 4. The molecule has 0 saturated carbocycles. The van der Waals surface area contributed by atoms with Crippen LogP contribution in [0.5, 0.6) is 0 Å². The van der Waals surface area contributed by atoms with Gasteiger partial charge in [-0.05, 0) is 26.2 Å². The first-order chi connectivity index (χ1) is 8.88. The van der Waals surface area contributed by atoms with Gasteiger partial charge in [-0.1, -0.05) is 51.9 Å². The van der Waals surface area contributed by atoms with Gasteiger partial charge in [-0.25, -0.2) is 8.42 Å². The molecular weight excluding hydrogens is 287 g/mol. The molecule has 0 aliphatic heterocycles. The van der Waals surface area contributed by atoms with Crippen molar-refractivity contribution < 1.29 is 47.6 Å². The van der Waals surface area contributed by atoms with Crippen LogP contribution in [0.4, 0.5) is 0 Å². The van der Waals surface area contributed by atoms with E-state index < -0.39 is 15.4 Å². The van der Waals surface area contributed by atoms with Gasteiger partial charge in [0.25, 0.3) is 0 Å². The molecule has 0 heterocycles. The Kier molecular flexibility index (Phi) is 15.7. The molecule has 2 unspecified atom stereocenters. The fourth-order valence-electron chi connectivity index (χ4n) is 2.08. The van der Waals surface area contributed by atoms with Crippen molar-refractivity contribution in [2.45, 2.75) is 89.4 Å². The summed E-state index contributed by atoms with van der Waals surface area (Å²) in [4.78, 5) is 0. The van der Waals surface area contributed by atoms with Crippen LogP contribution in [0.25, 0.3) is 0 Å². The molecule has 20 heavy (non-hydrogen) atoms. The molecule has 2 atom stereocenters. The molecule has 0 aliphatic rings. The van der Waals surface area contributed by atoms with Crippen LogP contribution < -0.4 is 29.6 Å². The van der Waals surface area contributed by atoms with Gasteiger partial charge in [-0.2, -0.15) is 0 Å². The number of aliphatic hydroxyl groups excluding tert-OH is 1. The topological polar surface area (TPSA) is 77.4 Å². The zero-order chi connectivity index (χ0) is 14.7. The maximum absolute atomic E-state index is 10.7. The van der Waals surface area contributed by atoms with Crippen LogP contribution in [-0.4, -0.2) is 29.4 Å². The summed E-state index contributed by atoms with van der Waals surface area (Å²) in [6.45, 7) is 3.63. The Morgan fingerprint density at radius 2 is 1.40 bits per heavy atom. The van der Waals surface area contributed by atoms with E-state index in [9.17, 15) is 18.1 Å². The Bertz CT molecular complexity index is 306. The molecule has 116 valence electrons. The molecule has 0 aromatic carbocycles. The van der Waals surface area contributed by atoms with Gasteiger partial charge in [0.05, 0.1) is 16.2 Å². The van der Waals surface area contributed by atoms with Gasteiger partial charge in [-0.3, -0.25) is 0 Å². The zero-order valence-corrected chi connectivity index (χ0v) is 16.1. The molecule has 0 aromatic rings. The summed E-state index contributed by atoms with van der Waals surface area (Å²) in [6.07, 6.45) is 9.09. The Morgan fingerprint density at radius 3 is 1.85 bits per heavy atom. The SMILES string of the molecule is CCCCCCC(O)CCCCCC(C)S(=O)(=O)[O-].[Na+]. The molecule has 0 radical (unpaired) electrons. The predicted molar refractivity (Wildman–Crippen MR) is 77.0 cm³/mol. The number of hydrogen-bond donors (Lipinski definition) is 1. The summed E-state index contributed by atoms with van der Waals surface area (Å²) in [6, 6.07) is 0. The normalized spacial score (nSPS) is 14.6. The largest absolute Gasteiger partial charge is 1.00 e. The van der Waals surface area contributed by atoms with E-state index in [-0.39, 0.29) is 35.7 Å². The second-order valence-electron chi connectivity index (χ2n) is 5.44. The van der Waals surface area contributed by atoms with Crippen LogP contribution in [0.1, 0.15) is 78.1 Å². The molecule has 0 fully saturated rings. The summed E-state index contributed by atoms with van der Waals surface area (Å²) < 4.78 is 32.0. The number of unbranched alkanes of at least 4 members (excludes halogenated alkanes) is 5. The minimum absolute atomic E-state index is 0. The van der Waals surface area contributed by atoms with Crippen LogP contribution in [0.15, 0.2) is 0 Å². The third-order valence-electron chi connectivity index (χ3n) is 3.53. The van der Waals surface area contributed by atoms with E-state index in [0.717, 1.165) is 38.5 Å². The predicted octanol–water partition coefficient (Wildman–Crippen LogP) is 0.206. The first-order valence-electron chi connectivity index (χ1n) is 7.50. The van der Waals surface area contributed by atoms with E-state index in [4.69, 9.17) is 0 Å². The molecule has 0 amide bonds. The first kappa shape index (κ1) is 23.1. The Labute approximate surface area is 146 Å². The summed E-state index contributed by atoms with van der Waals surface area (Å²) in [7, 11) is -4.12. The summed E-state index contributed by atoms with van der Waals surface area (Å²) in [5, 5.41) is 8.95. The van der Waals surface area contributed by atoms with Gasteiger partial charge in [-0.15, -0.1) is 0 Å². The molecular formula is C14H29NaO4S. The van der Waals surface area contributed by atoms with Crippen molar-refractivity contribution in [2.24, 2.45) is 0 Å². The van der Waals surface area contributed by atoms with E-state index in [1.807, 2.05) is 0 Å². The van der Waals surface area contributed by atoms with Gasteiger partial charge >= 0.3 is 29.6 Å². The van der Waals surface area contributed by atoms with Crippen LogP contribution in [0, 0.1) is 0 Å². The average molecular weight is 316 g/mol. The van der Waals surface area contributed by atoms with Gasteiger partial charge in [0, 0.05) is 5.25 Å². The van der Waals surface area contributed by atoms with Crippen LogP contribution in [0.2, 0.25) is 0 Å². The van der Waals surface area contributed by atoms with Crippen molar-refractivity contribution in [3.63, 3.8) is 0 Å². The smallest absolute Gasteiger partial charge is 0.748 e. The molecule has 0 aliphatic carbocycles. The van der Waals surface area contributed by atoms with E-state index in [2.05, 4.69) is 6.92 Å². The van der Waals surface area contributed by atoms with Crippen molar-refractivity contribution in [3.8, 4) is 0 Å². The fourth-order valence-corrected chi connectivity index (χ4v) is 2.54. The minimum atomic E-state index is -4.12. The van der Waals surface area contributed by atoms with Gasteiger partial charge in [0.2, 0.25) is 0 Å². The van der Waals surface area contributed by atoms with Crippen molar-refractivity contribution in [1.29, 1.82) is 0 Å². The third-order valence-corrected chi connectivity index (χ3v) is 4.75. The van der Waals surface area contributed by atoms with Crippen molar-refractivity contribution in [2.75, 3.05) is 0 Å². The Balaban J connectivity index is 0. The molecule has 0 rings (SSSR count). The maximum atomic E-state index is 10.7. The third kappa shape index (κ3) is 13.8. The molecule has 4 nitrogen and oxygen atoms in total. The van der Waals surface area contributed by atoms with E-state index in [1.165, 1.54) is 26.2 Å². The quantitative estimate of drug-likeness (QED) is 0.317. The van der Waals surface area contributed by atoms with E-state index in [0.29, 0.717) is 6.42 Å². The molecule has 0 spiro atoms. The fraction of sp³-hybridized carbons (Fsp3) is 1.00. The first-order valence-corrected chi connectivity index (χ1v) is 8.97. The number of aliphatic hydroxyl groups is 1. The van der Waals surface area contributed by atoms with E-state index in [1.54, 1.807) is 0 Å². The second-order valence-corrected chi connectivity index (χ2v) is 7.23. The minimum Gasteiger partial charge on any atom is -0.748 e. The van der Waals surface area contributed by atoms with Gasteiger partial charge in [0.15, 0.2) is 0 Å². The van der Waals surface area contributed by atoms with E-state index >= 15 is 0 Å². The number of rotatable bonds is 12. The van der Waals surface area contributed by atoms with Crippen molar-refractivity contribution >= 4 is 10.1 Å². The standard InChI is InChI=1S/C14H30O4S.Na/c1-3-4-5-8-11-14(15)12-9-6-7-10-13(2)19(16,17)18;/h13-15H,3-12H2,1-2H3,(H,16,17,18);/q;+1/p-1. The zero-order valence-electron chi connectivity index (χ0n) is 13.3. The van der Waals surface area contributed by atoms with Crippen molar-refractivity contribution in [3.05, 3.63) is 0 Å². The average Bonchev–Trinajstić information content (AvgIpc) is 2.33. The van der Waals surface area contributed by atoms with Gasteiger partial charge in [0.1, 0.15) is 0 Å². The molecule has 1 N–H and O–H groups in total.